The molecule has 302 valence electrons. The van der Waals surface area contributed by atoms with Crippen molar-refractivity contribution in [1.82, 2.24) is 4.90 Å². The van der Waals surface area contributed by atoms with Crippen LogP contribution in [0, 0.1) is 23.7 Å². The number of carbonyl (C=O) groups is 5. The number of phenolic OH excluding ortho intramolecular Hbond substituents is 1. The predicted octanol–water partition coefficient (Wildman–Crippen LogP) is 3.01. The molecule has 0 radical (unpaired) electrons. The highest BCUT2D eigenvalue weighted by Gasteiger charge is 2.73. The molecule has 1 aliphatic heterocycles. The van der Waals surface area contributed by atoms with Crippen LogP contribution in [0.1, 0.15) is 68.3 Å². The number of hydrogen-bond acceptors (Lipinski definition) is 15. The number of Topliss-reactive ketones (excluding diaryl/α,β-unsaturated/α-hetero) is 4. The number of aromatic hydroxyl groups is 1. The summed E-state index contributed by atoms with van der Waals surface area (Å²) >= 11 is 0. The number of phenols is 1. The minimum Gasteiger partial charge on any atom is -0.507 e. The summed E-state index contributed by atoms with van der Waals surface area (Å²) in [4.78, 5) is 71.8. The van der Waals surface area contributed by atoms with E-state index in [9.17, 15) is 39.3 Å². The van der Waals surface area contributed by atoms with E-state index in [0.29, 0.717) is 56.7 Å². The summed E-state index contributed by atoms with van der Waals surface area (Å²) in [5.41, 5.74) is 3.54. The van der Waals surface area contributed by atoms with E-state index < -0.39 is 82.1 Å². The number of ether oxygens (including phenoxy) is 3. The summed E-state index contributed by atoms with van der Waals surface area (Å²) in [6, 6.07) is 4.84. The van der Waals surface area contributed by atoms with Crippen molar-refractivity contribution < 1.29 is 53.5 Å². The molecule has 16 nitrogen and oxygen atoms in total. The fourth-order valence-corrected chi connectivity index (χ4v) is 8.79. The zero-order chi connectivity index (χ0) is 40.6. The zero-order valence-corrected chi connectivity index (χ0v) is 32.4. The Hall–Kier alpha value is -4.77. The normalized spacial score (nSPS) is 29.0. The van der Waals surface area contributed by atoms with Crippen molar-refractivity contribution in [2.24, 2.45) is 39.6 Å². The van der Waals surface area contributed by atoms with Gasteiger partial charge in [-0.15, -0.1) is 5.11 Å². The number of carbonyl (C=O) groups excluding carboxylic acids is 5. The Bertz CT molecular complexity index is 1930. The Labute approximate surface area is 325 Å². The zero-order valence-electron chi connectivity index (χ0n) is 32.4. The Morgan fingerprint density at radius 3 is 2.21 bits per heavy atom. The van der Waals surface area contributed by atoms with Gasteiger partial charge in [-0.3, -0.25) is 28.9 Å². The molecule has 6 rings (SSSR count). The highest BCUT2D eigenvalue weighted by molar-refractivity contribution is 6.32. The number of fused-ring (bicyclic) bond motifs is 3. The molecule has 8 atom stereocenters. The van der Waals surface area contributed by atoms with E-state index in [1.165, 1.54) is 31.1 Å². The lowest BCUT2D eigenvalue weighted by molar-refractivity contribution is -0.196. The molecule has 0 spiro atoms. The molecule has 16 heteroatoms. The van der Waals surface area contributed by atoms with E-state index in [2.05, 4.69) is 29.0 Å². The molecule has 3 aliphatic carbocycles. The molecule has 0 bridgehead atoms. The summed E-state index contributed by atoms with van der Waals surface area (Å²) in [5.74, 6) is -13.4. The number of aliphatic hydroxyl groups excluding tert-OH is 1. The number of benzene rings is 2. The second-order valence-corrected chi connectivity index (χ2v) is 15.2. The van der Waals surface area contributed by atoms with Crippen molar-refractivity contribution in [2.45, 2.75) is 70.1 Å². The molecule has 3 fully saturated rings. The van der Waals surface area contributed by atoms with Gasteiger partial charge in [-0.1, -0.05) is 33.6 Å². The number of primary amides is 1. The number of ketones is 4. The molecule has 2 aromatic carbocycles. The van der Waals surface area contributed by atoms with Gasteiger partial charge < -0.3 is 40.2 Å². The number of amides is 1. The number of nitrogens with two attached hydrogens (primary N) is 1. The van der Waals surface area contributed by atoms with Crippen molar-refractivity contribution >= 4 is 46.1 Å². The first-order valence-corrected chi connectivity index (χ1v) is 19.3. The molecule has 4 aliphatic rings. The summed E-state index contributed by atoms with van der Waals surface area (Å²) in [6.45, 7) is 9.06. The smallest absolute Gasteiger partial charge is 0.235 e. The Morgan fingerprint density at radius 1 is 0.982 bits per heavy atom. The lowest BCUT2D eigenvalue weighted by Gasteiger charge is -2.56. The third kappa shape index (κ3) is 6.86. The molecule has 1 amide bonds. The number of hydrogen-bond donors (Lipinski definition) is 4. The van der Waals surface area contributed by atoms with Crippen LogP contribution in [-0.4, -0.2) is 121 Å². The van der Waals surface area contributed by atoms with Gasteiger partial charge in [0.25, 0.3) is 0 Å². The predicted molar refractivity (Wildman–Crippen MR) is 202 cm³/mol. The average Bonchev–Trinajstić information content (AvgIpc) is 3.16. The number of likely N-dealkylation sites (N-methyl/N-ethyl adjacent to an activating group) is 1. The second-order valence-electron chi connectivity index (χ2n) is 15.2. The maximum absolute atomic E-state index is 14.4. The summed E-state index contributed by atoms with van der Waals surface area (Å²) in [5, 5.41) is 44.3. The average molecular weight is 778 g/mol. The monoisotopic (exact) mass is 777 g/mol. The van der Waals surface area contributed by atoms with Crippen LogP contribution in [0.4, 0.5) is 17.1 Å². The van der Waals surface area contributed by atoms with Gasteiger partial charge >= 0.3 is 0 Å². The molecule has 5 N–H and O–H groups in total. The lowest BCUT2D eigenvalue weighted by atomic mass is 9.49. The molecule has 2 saturated carbocycles. The molecule has 56 heavy (non-hydrogen) atoms. The second kappa shape index (κ2) is 16.4. The van der Waals surface area contributed by atoms with Crippen LogP contribution in [0.2, 0.25) is 0 Å². The van der Waals surface area contributed by atoms with E-state index in [1.54, 1.807) is 13.0 Å². The van der Waals surface area contributed by atoms with Crippen LogP contribution >= 0.6 is 0 Å². The maximum Gasteiger partial charge on any atom is 0.235 e. The van der Waals surface area contributed by atoms with Gasteiger partial charge in [0.2, 0.25) is 5.91 Å². The first-order chi connectivity index (χ1) is 26.7. The third-order valence-corrected chi connectivity index (χ3v) is 11.6. The van der Waals surface area contributed by atoms with Crippen LogP contribution in [0.15, 0.2) is 34.5 Å². The van der Waals surface area contributed by atoms with Crippen LogP contribution in [0.5, 0.6) is 17.2 Å². The van der Waals surface area contributed by atoms with Gasteiger partial charge in [0.1, 0.15) is 22.9 Å². The number of rotatable bonds is 13. The summed E-state index contributed by atoms with van der Waals surface area (Å²) in [7, 11) is 2.88. The highest BCUT2D eigenvalue weighted by Crippen LogP contribution is 2.56. The van der Waals surface area contributed by atoms with Crippen molar-refractivity contribution in [1.29, 1.82) is 0 Å². The summed E-state index contributed by atoms with van der Waals surface area (Å²) < 4.78 is 18.1. The minimum absolute atomic E-state index is 0.150. The van der Waals surface area contributed by atoms with Gasteiger partial charge in [0.05, 0.1) is 67.3 Å². The Morgan fingerprint density at radius 2 is 1.61 bits per heavy atom. The topological polar surface area (TPSA) is 231 Å². The van der Waals surface area contributed by atoms with Crippen molar-refractivity contribution in [2.75, 3.05) is 58.5 Å². The number of anilines is 1. The first kappa shape index (κ1) is 40.9. The van der Waals surface area contributed by atoms with Crippen molar-refractivity contribution in [3.63, 3.8) is 0 Å². The van der Waals surface area contributed by atoms with E-state index in [0.717, 1.165) is 31.4 Å². The third-order valence-electron chi connectivity index (χ3n) is 11.6. The Balaban J connectivity index is 1.45. The van der Waals surface area contributed by atoms with Crippen molar-refractivity contribution in [3.8, 4) is 17.2 Å². The van der Waals surface area contributed by atoms with E-state index in [1.807, 2.05) is 6.07 Å². The number of morpholine rings is 1. The van der Waals surface area contributed by atoms with E-state index in [-0.39, 0.29) is 16.8 Å². The number of aliphatic hydroxyl groups is 2. The number of nitrogens with zero attached hydrogens (tertiary/aromatic N) is 4. The maximum atomic E-state index is 14.4. The van der Waals surface area contributed by atoms with Crippen LogP contribution < -0.4 is 20.1 Å². The lowest BCUT2D eigenvalue weighted by Crippen LogP contribution is -2.77. The first-order valence-electron chi connectivity index (χ1n) is 19.3. The van der Waals surface area contributed by atoms with Crippen LogP contribution in [-0.2, 0) is 23.9 Å². The molecule has 2 aromatic rings. The molecular weight excluding hydrogens is 726 g/mol. The molecule has 1 heterocycles. The minimum atomic E-state index is -3.10. The highest BCUT2D eigenvalue weighted by atomic mass is 16.5. The largest absolute Gasteiger partial charge is 0.507 e. The van der Waals surface area contributed by atoms with Gasteiger partial charge in [0, 0.05) is 31.1 Å². The van der Waals surface area contributed by atoms with Gasteiger partial charge in [0.15, 0.2) is 34.7 Å². The molecule has 1 saturated heterocycles. The van der Waals surface area contributed by atoms with Gasteiger partial charge in [-0.25, -0.2) is 0 Å². The molecule has 0 aromatic heterocycles. The molecule has 3 unspecified atom stereocenters. The van der Waals surface area contributed by atoms with Crippen LogP contribution in [0.3, 0.4) is 0 Å². The fraction of sp³-hybridized carbons (Fsp3) is 0.575. The molecular formula is C40H51N5O11. The number of unbranched alkanes of at least 4 members (excludes halogenated alkanes) is 2. The quantitative estimate of drug-likeness (QED) is 0.130. The summed E-state index contributed by atoms with van der Waals surface area (Å²) in [6.07, 6.45) is 1.66. The van der Waals surface area contributed by atoms with Crippen molar-refractivity contribution in [3.05, 3.63) is 35.4 Å². The van der Waals surface area contributed by atoms with Crippen LogP contribution in [0.25, 0.3) is 0 Å². The standard InChI is InChI=1S/C40H51N5O11/c1-6-8-14-55-25-19-23(45-12-16-54-17-13-45)26(56-15-9-7-2)18-22(25)43-42-21-10-11-24(46)29-27(21)20(3)28-30(34(29)47)37(50)40(53)32(35(28)48)33(44(4)5)36(49)31(38(40)51)39(41)52/h10-11,18-20,28,30-33,35,46,48,53H,6-9,12-17H2,1-5H3,(H2,41,52)/t20?,28-,30?,31?,32-,33+,35+,40+/m1/s1. The van der Waals surface area contributed by atoms with E-state index >= 15 is 0 Å². The SMILES string of the molecule is CCCCOc1cc(N2CCOCC2)c(OCCCC)cc1N=Nc1ccc(O)c2c1C(C)[C@@H]1C(C2=O)C(=O)[C@]2(O)C(=O)C(C(N)=O)C(=O)[C@@H](N(C)C)[C@@H]2[C@H]1O. The Kier molecular flexibility index (Phi) is 12.0. The van der Waals surface area contributed by atoms with Gasteiger partial charge in [-0.2, -0.15) is 5.11 Å². The van der Waals surface area contributed by atoms with E-state index in [4.69, 9.17) is 19.9 Å². The van der Waals surface area contributed by atoms with Gasteiger partial charge in [-0.05, 0) is 50.6 Å². The number of azo groups is 1. The fourth-order valence-electron chi connectivity index (χ4n) is 8.79.